The van der Waals surface area contributed by atoms with E-state index < -0.39 is 6.04 Å². The van der Waals surface area contributed by atoms with Gasteiger partial charge < -0.3 is 4.74 Å². The molecular formula is C20H22FNO3. The summed E-state index contributed by atoms with van der Waals surface area (Å²) < 4.78 is 18.5. The first-order chi connectivity index (χ1) is 11.8. The Morgan fingerprint density at radius 1 is 1.08 bits per heavy atom. The molecule has 0 saturated carbocycles. The fourth-order valence-corrected chi connectivity index (χ4v) is 2.68. The zero-order valence-electron chi connectivity index (χ0n) is 14.9. The molecule has 2 aromatic carbocycles. The Morgan fingerprint density at radius 2 is 1.68 bits per heavy atom. The van der Waals surface area contributed by atoms with Gasteiger partial charge in [0.05, 0.1) is 13.2 Å². The minimum Gasteiger partial charge on any atom is -0.496 e. The lowest BCUT2D eigenvalue weighted by Crippen LogP contribution is -2.37. The number of carbonyl (C=O) groups is 2. The zero-order chi connectivity index (χ0) is 18.6. The van der Waals surface area contributed by atoms with E-state index in [1.807, 2.05) is 19.0 Å². The maximum atomic E-state index is 13.1. The summed E-state index contributed by atoms with van der Waals surface area (Å²) in [5, 5.41) is 0. The molecule has 0 unspecified atom stereocenters. The van der Waals surface area contributed by atoms with Crippen LogP contribution in [0, 0.1) is 5.82 Å². The summed E-state index contributed by atoms with van der Waals surface area (Å²) in [6.45, 7) is 1.50. The predicted octanol–water partition coefficient (Wildman–Crippen LogP) is 3.39. The van der Waals surface area contributed by atoms with E-state index in [4.69, 9.17) is 4.74 Å². The number of methoxy groups -OCH3 is 1. The average Bonchev–Trinajstić information content (AvgIpc) is 2.59. The van der Waals surface area contributed by atoms with Crippen molar-refractivity contribution in [1.29, 1.82) is 0 Å². The predicted molar refractivity (Wildman–Crippen MR) is 94.9 cm³/mol. The molecule has 2 rings (SSSR count). The molecule has 0 fully saturated rings. The zero-order valence-corrected chi connectivity index (χ0v) is 14.9. The number of ketones is 2. The van der Waals surface area contributed by atoms with E-state index in [0.29, 0.717) is 23.3 Å². The highest BCUT2D eigenvalue weighted by Crippen LogP contribution is 2.24. The normalized spacial score (nSPS) is 12.1. The van der Waals surface area contributed by atoms with Gasteiger partial charge in [0.25, 0.3) is 0 Å². The quantitative estimate of drug-likeness (QED) is 0.723. The fourth-order valence-electron chi connectivity index (χ4n) is 2.68. The van der Waals surface area contributed by atoms with Gasteiger partial charge in [-0.25, -0.2) is 4.39 Å². The lowest BCUT2D eigenvalue weighted by molar-refractivity contribution is 0.0874. The number of ether oxygens (including phenoxy) is 1. The lowest BCUT2D eigenvalue weighted by Gasteiger charge is -2.24. The maximum absolute atomic E-state index is 13.1. The van der Waals surface area contributed by atoms with Crippen molar-refractivity contribution in [1.82, 2.24) is 4.90 Å². The van der Waals surface area contributed by atoms with Gasteiger partial charge in [0.2, 0.25) is 0 Å². The van der Waals surface area contributed by atoms with Gasteiger partial charge in [-0.3, -0.25) is 14.5 Å². The van der Waals surface area contributed by atoms with Crippen LogP contribution < -0.4 is 4.74 Å². The first-order valence-electron chi connectivity index (χ1n) is 7.97. The Bertz CT molecular complexity index is 769. The molecule has 0 aliphatic heterocycles. The van der Waals surface area contributed by atoms with E-state index >= 15 is 0 Å². The standard InChI is InChI=1S/C20H22FNO3/c1-13(23)15-7-10-19(25-4)16(11-15)12-18(22(2)3)20(24)14-5-8-17(21)9-6-14/h5-11,18H,12H2,1-4H3/t18-/m0/s1. The molecule has 0 aliphatic carbocycles. The Morgan fingerprint density at radius 3 is 2.20 bits per heavy atom. The molecule has 0 aliphatic rings. The van der Waals surface area contributed by atoms with Crippen molar-refractivity contribution in [3.8, 4) is 5.75 Å². The molecule has 0 heterocycles. The van der Waals surface area contributed by atoms with Crippen LogP contribution in [0.2, 0.25) is 0 Å². The van der Waals surface area contributed by atoms with Crippen molar-refractivity contribution in [2.24, 2.45) is 0 Å². The molecule has 25 heavy (non-hydrogen) atoms. The molecule has 0 bridgehead atoms. The van der Waals surface area contributed by atoms with Crippen molar-refractivity contribution in [2.75, 3.05) is 21.2 Å². The van der Waals surface area contributed by atoms with Crippen LogP contribution >= 0.6 is 0 Å². The molecule has 2 aromatic rings. The molecule has 5 heteroatoms. The minimum absolute atomic E-state index is 0.0461. The summed E-state index contributed by atoms with van der Waals surface area (Å²) in [5.41, 5.74) is 1.80. The van der Waals surface area contributed by atoms with Crippen molar-refractivity contribution < 1.29 is 18.7 Å². The van der Waals surface area contributed by atoms with Gasteiger partial charge >= 0.3 is 0 Å². The van der Waals surface area contributed by atoms with E-state index in [1.165, 1.54) is 31.2 Å². The average molecular weight is 343 g/mol. The second-order valence-corrected chi connectivity index (χ2v) is 6.14. The van der Waals surface area contributed by atoms with E-state index in [0.717, 1.165) is 5.56 Å². The van der Waals surface area contributed by atoms with Crippen LogP contribution in [0.3, 0.4) is 0 Å². The largest absolute Gasteiger partial charge is 0.496 e. The SMILES string of the molecule is COc1ccc(C(C)=O)cc1C[C@@H](C(=O)c1ccc(F)cc1)N(C)C. The number of rotatable bonds is 7. The molecule has 0 N–H and O–H groups in total. The molecule has 1 atom stereocenters. The highest BCUT2D eigenvalue weighted by molar-refractivity contribution is 6.00. The Balaban J connectivity index is 2.36. The maximum Gasteiger partial charge on any atom is 0.180 e. The second kappa shape index (κ2) is 8.03. The number of halogens is 1. The first-order valence-corrected chi connectivity index (χ1v) is 7.97. The van der Waals surface area contributed by atoms with E-state index in [1.54, 1.807) is 25.3 Å². The van der Waals surface area contributed by atoms with Crippen LogP contribution in [0.15, 0.2) is 42.5 Å². The summed E-state index contributed by atoms with van der Waals surface area (Å²) >= 11 is 0. The van der Waals surface area contributed by atoms with Gasteiger partial charge in [-0.2, -0.15) is 0 Å². The molecular weight excluding hydrogens is 321 g/mol. The number of likely N-dealkylation sites (N-methyl/N-ethyl adjacent to an activating group) is 1. The minimum atomic E-state index is -0.457. The monoisotopic (exact) mass is 343 g/mol. The molecule has 132 valence electrons. The van der Waals surface area contributed by atoms with Gasteiger partial charge in [-0.15, -0.1) is 0 Å². The van der Waals surface area contributed by atoms with E-state index in [9.17, 15) is 14.0 Å². The number of hydrogen-bond acceptors (Lipinski definition) is 4. The number of nitrogens with zero attached hydrogens (tertiary/aromatic N) is 1. The first kappa shape index (κ1) is 18.8. The molecule has 0 spiro atoms. The third kappa shape index (κ3) is 4.51. The Kier molecular flexibility index (Phi) is 6.04. The number of hydrogen-bond donors (Lipinski definition) is 0. The van der Waals surface area contributed by atoms with Crippen LogP contribution in [0.4, 0.5) is 4.39 Å². The van der Waals surface area contributed by atoms with Gasteiger partial charge in [-0.1, -0.05) is 0 Å². The topological polar surface area (TPSA) is 46.6 Å². The summed E-state index contributed by atoms with van der Waals surface area (Å²) in [6, 6.07) is 10.3. The fraction of sp³-hybridized carbons (Fsp3) is 0.300. The van der Waals surface area contributed by atoms with Crippen LogP contribution in [-0.4, -0.2) is 43.7 Å². The molecule has 4 nitrogen and oxygen atoms in total. The molecule has 0 amide bonds. The van der Waals surface area contributed by atoms with Gasteiger partial charge in [-0.05, 0) is 75.5 Å². The highest BCUT2D eigenvalue weighted by atomic mass is 19.1. The summed E-state index contributed by atoms with van der Waals surface area (Å²) in [6.07, 6.45) is 0.382. The van der Waals surface area contributed by atoms with Crippen molar-refractivity contribution in [3.63, 3.8) is 0 Å². The number of Topliss-reactive ketones (excluding diaryl/α,β-unsaturated/α-hetero) is 2. The lowest BCUT2D eigenvalue weighted by atomic mass is 9.95. The highest BCUT2D eigenvalue weighted by Gasteiger charge is 2.24. The van der Waals surface area contributed by atoms with Crippen LogP contribution in [0.5, 0.6) is 5.75 Å². The van der Waals surface area contributed by atoms with Crippen molar-refractivity contribution >= 4 is 11.6 Å². The van der Waals surface area contributed by atoms with Crippen LogP contribution in [-0.2, 0) is 6.42 Å². The van der Waals surface area contributed by atoms with Crippen molar-refractivity contribution in [3.05, 3.63) is 65.0 Å². The Hall–Kier alpha value is -2.53. The molecule has 0 saturated heterocycles. The van der Waals surface area contributed by atoms with Crippen LogP contribution in [0.25, 0.3) is 0 Å². The Labute approximate surface area is 147 Å². The van der Waals surface area contributed by atoms with Crippen molar-refractivity contribution in [2.45, 2.75) is 19.4 Å². The number of carbonyl (C=O) groups excluding carboxylic acids is 2. The smallest absolute Gasteiger partial charge is 0.180 e. The summed E-state index contributed by atoms with van der Waals surface area (Å²) in [7, 11) is 5.18. The second-order valence-electron chi connectivity index (χ2n) is 6.14. The van der Waals surface area contributed by atoms with Gasteiger partial charge in [0.15, 0.2) is 11.6 Å². The number of benzene rings is 2. The summed E-state index contributed by atoms with van der Waals surface area (Å²) in [4.78, 5) is 26.3. The van der Waals surface area contributed by atoms with Gasteiger partial charge in [0.1, 0.15) is 11.6 Å². The third-order valence-electron chi connectivity index (χ3n) is 4.15. The van der Waals surface area contributed by atoms with Crippen LogP contribution in [0.1, 0.15) is 33.2 Å². The third-order valence-corrected chi connectivity index (χ3v) is 4.15. The summed E-state index contributed by atoms with van der Waals surface area (Å²) in [5.74, 6) is 0.0907. The van der Waals surface area contributed by atoms with E-state index in [-0.39, 0.29) is 17.4 Å². The van der Waals surface area contributed by atoms with E-state index in [2.05, 4.69) is 0 Å². The van der Waals surface area contributed by atoms with Gasteiger partial charge in [0, 0.05) is 11.1 Å². The molecule has 0 aromatic heterocycles. The molecule has 0 radical (unpaired) electrons.